The van der Waals surface area contributed by atoms with Crippen molar-refractivity contribution in [3.8, 4) is 0 Å². The quantitative estimate of drug-likeness (QED) is 0.536. The number of nitrogen functional groups attached to an aromatic ring is 1. The molecule has 1 aromatic rings. The molecule has 0 aliphatic heterocycles. The molecule has 1 heterocycles. The minimum absolute atomic E-state index is 0.979. The Kier molecular flexibility index (Phi) is 1.65. The Bertz CT molecular complexity index is 206. The van der Waals surface area contributed by atoms with Crippen LogP contribution < -0.4 is 5.84 Å². The van der Waals surface area contributed by atoms with Crippen molar-refractivity contribution in [1.29, 1.82) is 0 Å². The molecule has 9 heavy (non-hydrogen) atoms. The van der Waals surface area contributed by atoms with Crippen LogP contribution in [0.1, 0.15) is 11.3 Å². The molecule has 0 spiro atoms. The molecule has 0 fully saturated rings. The first-order valence-corrected chi connectivity index (χ1v) is 3.67. The summed E-state index contributed by atoms with van der Waals surface area (Å²) in [4.78, 5) is 1.40. The van der Waals surface area contributed by atoms with Gasteiger partial charge < -0.3 is 5.84 Å². The number of nitrogens with two attached hydrogens (primary N) is 1. The topological polar surface area (TPSA) is 43.8 Å². The van der Waals surface area contributed by atoms with Crippen molar-refractivity contribution in [1.82, 2.24) is 9.89 Å². The Balaban J connectivity index is 3.29. The van der Waals surface area contributed by atoms with Crippen molar-refractivity contribution in [2.75, 3.05) is 5.84 Å². The van der Waals surface area contributed by atoms with Crippen LogP contribution in [0, 0.1) is 17.5 Å². The summed E-state index contributed by atoms with van der Waals surface area (Å²) in [6.07, 6.45) is 0. The van der Waals surface area contributed by atoms with E-state index in [0.717, 1.165) is 15.0 Å². The lowest BCUT2D eigenvalue weighted by Gasteiger charge is -1.90. The predicted octanol–water partition coefficient (Wildman–Crippen LogP) is 0.818. The summed E-state index contributed by atoms with van der Waals surface area (Å²) in [7, 11) is 0. The number of halogens is 1. The van der Waals surface area contributed by atoms with Crippen molar-refractivity contribution < 1.29 is 0 Å². The van der Waals surface area contributed by atoms with E-state index in [2.05, 4.69) is 27.7 Å². The molecule has 0 amide bonds. The van der Waals surface area contributed by atoms with Gasteiger partial charge in [0.05, 0.1) is 5.69 Å². The maximum absolute atomic E-state index is 5.44. The normalized spacial score (nSPS) is 10.1. The summed E-state index contributed by atoms with van der Waals surface area (Å²) in [6.45, 7) is 3.96. The van der Waals surface area contributed by atoms with Crippen LogP contribution in [0.4, 0.5) is 0 Å². The van der Waals surface area contributed by atoms with Crippen LogP contribution in [0.2, 0.25) is 0 Å². The number of hydrogen-bond acceptors (Lipinski definition) is 2. The van der Waals surface area contributed by atoms with E-state index >= 15 is 0 Å². The van der Waals surface area contributed by atoms with Crippen molar-refractivity contribution >= 4 is 22.6 Å². The molecular weight excluding hydrogens is 229 g/mol. The molecule has 0 saturated carbocycles. The highest BCUT2D eigenvalue weighted by Crippen LogP contribution is 2.11. The monoisotopic (exact) mass is 237 g/mol. The van der Waals surface area contributed by atoms with E-state index in [1.54, 1.807) is 0 Å². The molecule has 2 N–H and O–H groups in total. The lowest BCUT2D eigenvalue weighted by Crippen LogP contribution is -2.11. The molecule has 1 aromatic heterocycles. The van der Waals surface area contributed by atoms with Gasteiger partial charge in [0.2, 0.25) is 0 Å². The van der Waals surface area contributed by atoms with Crippen molar-refractivity contribution in [3.05, 3.63) is 15.0 Å². The van der Waals surface area contributed by atoms with Gasteiger partial charge in [-0.25, -0.2) is 0 Å². The van der Waals surface area contributed by atoms with Crippen molar-refractivity contribution in [2.24, 2.45) is 0 Å². The zero-order valence-corrected chi connectivity index (χ0v) is 7.51. The van der Waals surface area contributed by atoms with E-state index in [-0.39, 0.29) is 0 Å². The molecule has 50 valence electrons. The molecule has 0 atom stereocenters. The molecule has 0 saturated heterocycles. The molecule has 4 heteroatoms. The van der Waals surface area contributed by atoms with Gasteiger partial charge in [-0.2, -0.15) is 4.79 Å². The molecular formula is C5H8IN3. The first-order chi connectivity index (χ1) is 4.13. The van der Waals surface area contributed by atoms with Gasteiger partial charge in [0, 0.05) is 5.56 Å². The fraction of sp³-hybridized carbons (Fsp3) is 0.400. The third-order valence-corrected chi connectivity index (χ3v) is 2.42. The summed E-state index contributed by atoms with van der Waals surface area (Å²) < 4.78 is 0.979. The first-order valence-electron chi connectivity index (χ1n) is 2.59. The van der Waals surface area contributed by atoms with Crippen LogP contribution in [0.5, 0.6) is 0 Å². The molecule has 0 bridgehead atoms. The Labute approximate surface area is 67.3 Å². The molecule has 3 nitrogen and oxygen atoms in total. The van der Waals surface area contributed by atoms with Crippen molar-refractivity contribution in [2.45, 2.75) is 13.8 Å². The van der Waals surface area contributed by atoms with Gasteiger partial charge in [-0.1, -0.05) is 0 Å². The molecule has 1 rings (SSSR count). The summed E-state index contributed by atoms with van der Waals surface area (Å²) in [5, 5.41) is 3.99. The van der Waals surface area contributed by atoms with Gasteiger partial charge in [-0.15, -0.1) is 5.10 Å². The lowest BCUT2D eigenvalue weighted by molar-refractivity contribution is 0.792. The fourth-order valence-electron chi connectivity index (χ4n) is 0.566. The number of rotatable bonds is 0. The Morgan fingerprint density at radius 2 is 2.11 bits per heavy atom. The third-order valence-electron chi connectivity index (χ3n) is 1.39. The Hall–Kier alpha value is -0.260. The first kappa shape index (κ1) is 6.85. The predicted molar refractivity (Wildman–Crippen MR) is 44.6 cm³/mol. The maximum atomic E-state index is 5.44. The van der Waals surface area contributed by atoms with Crippen LogP contribution in [0.15, 0.2) is 0 Å². The smallest absolute Gasteiger partial charge is 0.128 e. The van der Waals surface area contributed by atoms with Gasteiger partial charge in [-0.3, -0.25) is 0 Å². The minimum Gasteiger partial charge on any atom is -0.323 e. The second-order valence-electron chi connectivity index (χ2n) is 1.95. The van der Waals surface area contributed by atoms with Crippen LogP contribution >= 0.6 is 22.6 Å². The van der Waals surface area contributed by atoms with E-state index in [1.807, 2.05) is 13.8 Å². The van der Waals surface area contributed by atoms with Crippen molar-refractivity contribution in [3.63, 3.8) is 0 Å². The van der Waals surface area contributed by atoms with Gasteiger partial charge in [0.1, 0.15) is 3.70 Å². The number of aromatic nitrogens is 2. The zero-order valence-electron chi connectivity index (χ0n) is 5.35. The second kappa shape index (κ2) is 2.17. The molecule has 0 radical (unpaired) electrons. The average Bonchev–Trinajstić information content (AvgIpc) is 1.98. The standard InChI is InChI=1S/C5H8IN3/c1-3-4(2)9(7)8-5(3)6/h7H2,1-2H3. The second-order valence-corrected chi connectivity index (χ2v) is 2.97. The molecule has 0 unspecified atom stereocenters. The molecule has 0 aliphatic rings. The van der Waals surface area contributed by atoms with Crippen LogP contribution in [-0.2, 0) is 0 Å². The summed E-state index contributed by atoms with van der Waals surface area (Å²) in [6, 6.07) is 0. The van der Waals surface area contributed by atoms with Gasteiger partial charge in [-0.05, 0) is 36.4 Å². The van der Waals surface area contributed by atoms with E-state index in [4.69, 9.17) is 5.84 Å². The summed E-state index contributed by atoms with van der Waals surface area (Å²) in [5.41, 5.74) is 2.19. The third kappa shape index (κ3) is 1.03. The zero-order chi connectivity index (χ0) is 7.02. The summed E-state index contributed by atoms with van der Waals surface area (Å²) >= 11 is 2.16. The van der Waals surface area contributed by atoms with E-state index in [0.29, 0.717) is 0 Å². The van der Waals surface area contributed by atoms with Crippen LogP contribution in [0.3, 0.4) is 0 Å². The summed E-state index contributed by atoms with van der Waals surface area (Å²) in [5.74, 6) is 5.44. The number of nitrogens with zero attached hydrogens (tertiary/aromatic N) is 2. The van der Waals surface area contributed by atoms with Crippen LogP contribution in [0.25, 0.3) is 0 Å². The average molecular weight is 237 g/mol. The van der Waals surface area contributed by atoms with Gasteiger partial charge >= 0.3 is 0 Å². The SMILES string of the molecule is Cc1c(I)nn(N)c1C. The minimum atomic E-state index is 0.979. The molecule has 0 aromatic carbocycles. The Morgan fingerprint density at radius 3 is 2.22 bits per heavy atom. The number of hydrogen-bond donors (Lipinski definition) is 1. The highest BCUT2D eigenvalue weighted by molar-refractivity contribution is 14.1. The van der Waals surface area contributed by atoms with Gasteiger partial charge in [0.25, 0.3) is 0 Å². The lowest BCUT2D eigenvalue weighted by atomic mass is 10.3. The fourth-order valence-corrected chi connectivity index (χ4v) is 1.19. The van der Waals surface area contributed by atoms with E-state index < -0.39 is 0 Å². The largest absolute Gasteiger partial charge is 0.323 e. The maximum Gasteiger partial charge on any atom is 0.128 e. The molecule has 0 aliphatic carbocycles. The van der Waals surface area contributed by atoms with E-state index in [9.17, 15) is 0 Å². The highest BCUT2D eigenvalue weighted by atomic mass is 127. The Morgan fingerprint density at radius 1 is 1.56 bits per heavy atom. The highest BCUT2D eigenvalue weighted by Gasteiger charge is 2.03. The van der Waals surface area contributed by atoms with E-state index in [1.165, 1.54) is 4.79 Å². The van der Waals surface area contributed by atoms with Gasteiger partial charge in [0.15, 0.2) is 0 Å². The van der Waals surface area contributed by atoms with Crippen LogP contribution in [-0.4, -0.2) is 9.89 Å².